The minimum absolute atomic E-state index is 0.0522. The van der Waals surface area contributed by atoms with Gasteiger partial charge >= 0.3 is 0 Å². The molecule has 0 radical (unpaired) electrons. The number of amides is 1. The van der Waals surface area contributed by atoms with Crippen molar-refractivity contribution < 1.29 is 4.79 Å². The van der Waals surface area contributed by atoms with Gasteiger partial charge in [-0.25, -0.2) is 0 Å². The highest BCUT2D eigenvalue weighted by Crippen LogP contribution is 2.13. The fourth-order valence-electron chi connectivity index (χ4n) is 2.48. The number of aryl methyl sites for hydroxylation is 1. The molecule has 0 atom stereocenters. The monoisotopic (exact) mass is 327 g/mol. The molecule has 0 aliphatic heterocycles. The first-order valence-electron chi connectivity index (χ1n) is 7.64. The Balaban J connectivity index is 1.45. The van der Waals surface area contributed by atoms with Crippen LogP contribution in [0.25, 0.3) is 10.9 Å². The van der Waals surface area contributed by atoms with Gasteiger partial charge in [0.1, 0.15) is 0 Å². The van der Waals surface area contributed by atoms with Gasteiger partial charge in [0.25, 0.3) is 0 Å². The average molecular weight is 328 g/mol. The lowest BCUT2D eigenvalue weighted by Gasteiger charge is -2.06. The van der Waals surface area contributed by atoms with E-state index in [0.717, 1.165) is 29.4 Å². The zero-order valence-electron chi connectivity index (χ0n) is 12.7. The van der Waals surface area contributed by atoms with E-state index >= 15 is 0 Å². The van der Waals surface area contributed by atoms with Gasteiger partial charge in [0, 0.05) is 29.9 Å². The number of hydrogen-bond acceptors (Lipinski definition) is 2. The van der Waals surface area contributed by atoms with Crippen LogP contribution in [0.4, 0.5) is 0 Å². The number of rotatable bonds is 6. The van der Waals surface area contributed by atoms with Crippen LogP contribution in [0.3, 0.4) is 0 Å². The van der Waals surface area contributed by atoms with Gasteiger partial charge in [-0.15, -0.1) is 0 Å². The standard InChI is InChI=1S/C18H18ClN3O/c19-16-9-7-14(8-10-16)12-20-18(23)6-3-11-22-17-5-2-1-4-15(17)13-21-22/h1-2,4-5,7-10,13H,3,6,11-12H2,(H,20,23). The topological polar surface area (TPSA) is 46.9 Å². The van der Waals surface area contributed by atoms with Gasteiger partial charge < -0.3 is 5.32 Å². The van der Waals surface area contributed by atoms with Crippen molar-refractivity contribution in [3.8, 4) is 0 Å². The molecule has 23 heavy (non-hydrogen) atoms. The summed E-state index contributed by atoms with van der Waals surface area (Å²) >= 11 is 5.84. The summed E-state index contributed by atoms with van der Waals surface area (Å²) in [6.07, 6.45) is 3.11. The van der Waals surface area contributed by atoms with Crippen LogP contribution in [0.2, 0.25) is 5.02 Å². The number of aromatic nitrogens is 2. The maximum atomic E-state index is 11.9. The summed E-state index contributed by atoms with van der Waals surface area (Å²) in [6, 6.07) is 15.6. The zero-order chi connectivity index (χ0) is 16.1. The largest absolute Gasteiger partial charge is 0.352 e. The second-order valence-corrected chi connectivity index (χ2v) is 5.87. The van der Waals surface area contributed by atoms with Gasteiger partial charge in [0.05, 0.1) is 11.7 Å². The van der Waals surface area contributed by atoms with Gasteiger partial charge in [-0.3, -0.25) is 9.48 Å². The molecule has 4 nitrogen and oxygen atoms in total. The predicted molar refractivity (Wildman–Crippen MR) is 92.3 cm³/mol. The fourth-order valence-corrected chi connectivity index (χ4v) is 2.61. The van der Waals surface area contributed by atoms with E-state index in [2.05, 4.69) is 10.4 Å². The highest BCUT2D eigenvalue weighted by atomic mass is 35.5. The Bertz CT molecular complexity index is 795. The fraction of sp³-hybridized carbons (Fsp3) is 0.222. The minimum atomic E-state index is 0.0522. The number of para-hydroxylation sites is 1. The molecule has 0 saturated carbocycles. The third kappa shape index (κ3) is 4.11. The first-order chi connectivity index (χ1) is 11.2. The van der Waals surface area contributed by atoms with E-state index < -0.39 is 0 Å². The number of fused-ring (bicyclic) bond motifs is 1. The lowest BCUT2D eigenvalue weighted by atomic mass is 10.2. The van der Waals surface area contributed by atoms with Crippen molar-refractivity contribution in [2.45, 2.75) is 25.9 Å². The van der Waals surface area contributed by atoms with Crippen LogP contribution in [0.5, 0.6) is 0 Å². The van der Waals surface area contributed by atoms with Crippen LogP contribution in [-0.2, 0) is 17.9 Å². The third-order valence-electron chi connectivity index (χ3n) is 3.73. The molecule has 0 unspecified atom stereocenters. The molecule has 0 aliphatic carbocycles. The van der Waals surface area contributed by atoms with Crippen molar-refractivity contribution in [3.05, 3.63) is 65.3 Å². The Morgan fingerprint density at radius 3 is 2.74 bits per heavy atom. The molecule has 0 aliphatic rings. The summed E-state index contributed by atoms with van der Waals surface area (Å²) in [5, 5.41) is 9.12. The number of nitrogens with one attached hydrogen (secondary N) is 1. The van der Waals surface area contributed by atoms with Crippen LogP contribution in [0.15, 0.2) is 54.7 Å². The summed E-state index contributed by atoms with van der Waals surface area (Å²) in [4.78, 5) is 11.9. The Morgan fingerprint density at radius 1 is 1.13 bits per heavy atom. The van der Waals surface area contributed by atoms with Crippen LogP contribution in [0.1, 0.15) is 18.4 Å². The number of hydrogen-bond donors (Lipinski definition) is 1. The van der Waals surface area contributed by atoms with E-state index in [9.17, 15) is 4.79 Å². The predicted octanol–water partition coefficient (Wildman–Crippen LogP) is 3.79. The molecule has 1 N–H and O–H groups in total. The highest BCUT2D eigenvalue weighted by Gasteiger charge is 2.04. The molecule has 1 heterocycles. The van der Waals surface area contributed by atoms with E-state index in [0.29, 0.717) is 18.0 Å². The molecular formula is C18H18ClN3O. The SMILES string of the molecule is O=C(CCCn1ncc2ccccc21)NCc1ccc(Cl)cc1. The smallest absolute Gasteiger partial charge is 0.220 e. The molecule has 0 fully saturated rings. The van der Waals surface area contributed by atoms with Gasteiger partial charge in [0.15, 0.2) is 0 Å². The Kier molecular flexibility index (Phi) is 4.93. The van der Waals surface area contributed by atoms with Crippen LogP contribution >= 0.6 is 11.6 Å². The summed E-state index contributed by atoms with van der Waals surface area (Å²) in [6.45, 7) is 1.27. The second-order valence-electron chi connectivity index (χ2n) is 5.43. The van der Waals surface area contributed by atoms with Crippen LogP contribution in [-0.4, -0.2) is 15.7 Å². The third-order valence-corrected chi connectivity index (χ3v) is 3.98. The molecule has 0 saturated heterocycles. The minimum Gasteiger partial charge on any atom is -0.352 e. The van der Waals surface area contributed by atoms with E-state index in [1.807, 2.05) is 59.4 Å². The van der Waals surface area contributed by atoms with Crippen molar-refractivity contribution in [2.75, 3.05) is 0 Å². The molecule has 1 amide bonds. The highest BCUT2D eigenvalue weighted by molar-refractivity contribution is 6.30. The first-order valence-corrected chi connectivity index (χ1v) is 8.02. The van der Waals surface area contributed by atoms with Crippen molar-refractivity contribution in [3.63, 3.8) is 0 Å². The summed E-state index contributed by atoms with van der Waals surface area (Å²) in [7, 11) is 0. The maximum Gasteiger partial charge on any atom is 0.220 e. The second kappa shape index (κ2) is 7.29. The molecule has 1 aromatic heterocycles. The van der Waals surface area contributed by atoms with E-state index in [1.54, 1.807) is 0 Å². The van der Waals surface area contributed by atoms with Crippen molar-refractivity contribution in [1.82, 2.24) is 15.1 Å². The quantitative estimate of drug-likeness (QED) is 0.748. The van der Waals surface area contributed by atoms with Crippen molar-refractivity contribution in [2.24, 2.45) is 0 Å². The maximum absolute atomic E-state index is 11.9. The van der Waals surface area contributed by atoms with Gasteiger partial charge in [-0.2, -0.15) is 5.10 Å². The van der Waals surface area contributed by atoms with Crippen molar-refractivity contribution >= 4 is 28.4 Å². The number of benzene rings is 2. The number of nitrogens with zero attached hydrogens (tertiary/aromatic N) is 2. The number of carbonyl (C=O) groups is 1. The lowest BCUT2D eigenvalue weighted by Crippen LogP contribution is -2.22. The molecule has 3 rings (SSSR count). The first kappa shape index (κ1) is 15.6. The summed E-state index contributed by atoms with van der Waals surface area (Å²) in [5.74, 6) is 0.0522. The Hall–Kier alpha value is -2.33. The molecule has 3 aromatic rings. The molecule has 0 spiro atoms. The lowest BCUT2D eigenvalue weighted by molar-refractivity contribution is -0.121. The summed E-state index contributed by atoms with van der Waals surface area (Å²) < 4.78 is 1.95. The number of carbonyl (C=O) groups excluding carboxylic acids is 1. The molecule has 118 valence electrons. The molecule has 5 heteroatoms. The normalized spacial score (nSPS) is 10.8. The molecule has 0 bridgehead atoms. The van der Waals surface area contributed by atoms with Crippen LogP contribution in [0, 0.1) is 0 Å². The van der Waals surface area contributed by atoms with E-state index in [4.69, 9.17) is 11.6 Å². The van der Waals surface area contributed by atoms with Crippen molar-refractivity contribution in [1.29, 1.82) is 0 Å². The molecular weight excluding hydrogens is 310 g/mol. The van der Waals surface area contributed by atoms with Gasteiger partial charge in [-0.1, -0.05) is 41.9 Å². The Morgan fingerprint density at radius 2 is 1.91 bits per heavy atom. The molecule has 2 aromatic carbocycles. The van der Waals surface area contributed by atoms with E-state index in [1.165, 1.54) is 0 Å². The van der Waals surface area contributed by atoms with Crippen LogP contribution < -0.4 is 5.32 Å². The van der Waals surface area contributed by atoms with Gasteiger partial charge in [0.2, 0.25) is 5.91 Å². The zero-order valence-corrected chi connectivity index (χ0v) is 13.5. The Labute approximate surface area is 140 Å². The van der Waals surface area contributed by atoms with E-state index in [-0.39, 0.29) is 5.91 Å². The average Bonchev–Trinajstić information content (AvgIpc) is 2.98. The van der Waals surface area contributed by atoms with Gasteiger partial charge in [-0.05, 0) is 30.2 Å². The number of halogens is 1. The summed E-state index contributed by atoms with van der Waals surface area (Å²) in [5.41, 5.74) is 2.15.